The van der Waals surface area contributed by atoms with E-state index in [4.69, 9.17) is 4.74 Å². The molecule has 3 heterocycles. The molecule has 1 N–H and O–H groups in total. The molecule has 1 aliphatic heterocycles. The molecule has 41 heavy (non-hydrogen) atoms. The van der Waals surface area contributed by atoms with Crippen LogP contribution in [0.3, 0.4) is 0 Å². The fourth-order valence-corrected chi connectivity index (χ4v) is 5.28. The van der Waals surface area contributed by atoms with Crippen molar-refractivity contribution in [2.24, 2.45) is 5.92 Å². The Bertz CT molecular complexity index is 1530. The summed E-state index contributed by atoms with van der Waals surface area (Å²) in [4.78, 5) is 17.7. The lowest BCUT2D eigenvalue weighted by Crippen LogP contribution is -2.08. The molecule has 2 aromatic carbocycles. The van der Waals surface area contributed by atoms with Crippen LogP contribution >= 0.6 is 0 Å². The number of hydrogen-bond acceptors (Lipinski definition) is 5. The molecule has 214 valence electrons. The van der Waals surface area contributed by atoms with Crippen LogP contribution in [0.1, 0.15) is 54.9 Å². The second-order valence-corrected chi connectivity index (χ2v) is 10.6. The van der Waals surface area contributed by atoms with Crippen molar-refractivity contribution in [3.05, 3.63) is 89.8 Å². The molecular weight excluding hydrogens is 524 g/mol. The highest BCUT2D eigenvalue weighted by Crippen LogP contribution is 2.29. The lowest BCUT2D eigenvalue weighted by atomic mass is 9.91. The third-order valence-electron chi connectivity index (χ3n) is 7.47. The van der Waals surface area contributed by atoms with Crippen LogP contribution in [-0.4, -0.2) is 35.0 Å². The maximum atomic E-state index is 13.1. The van der Waals surface area contributed by atoms with Crippen molar-refractivity contribution in [3.8, 4) is 17.0 Å². The monoisotopic (exact) mass is 559 g/mol. The molecule has 1 atom stereocenters. The Labute approximate surface area is 239 Å². The summed E-state index contributed by atoms with van der Waals surface area (Å²) in [5, 5.41) is 3.44. The SMILES string of the molecule is Cc1cc(Nc2cccn3c(-c4ccc(OC(F)F)cc4)cnc23)ccc1C(=O)CC(C)CCC1=CCCOCC1. The number of rotatable bonds is 11. The average molecular weight is 560 g/mol. The van der Waals surface area contributed by atoms with Crippen molar-refractivity contribution < 1.29 is 23.0 Å². The van der Waals surface area contributed by atoms with E-state index in [0.717, 1.165) is 78.3 Å². The Hall–Kier alpha value is -4.04. The summed E-state index contributed by atoms with van der Waals surface area (Å²) >= 11 is 0. The summed E-state index contributed by atoms with van der Waals surface area (Å²) < 4.78 is 36.9. The zero-order valence-corrected chi connectivity index (χ0v) is 23.4. The van der Waals surface area contributed by atoms with Crippen molar-refractivity contribution in [2.45, 2.75) is 52.6 Å². The van der Waals surface area contributed by atoms with Gasteiger partial charge >= 0.3 is 6.61 Å². The number of pyridine rings is 1. The molecule has 4 aromatic rings. The number of imidazole rings is 1. The Kier molecular flexibility index (Phi) is 9.09. The molecule has 2 aromatic heterocycles. The average Bonchev–Trinajstić information content (AvgIpc) is 3.21. The van der Waals surface area contributed by atoms with E-state index < -0.39 is 6.61 Å². The van der Waals surface area contributed by atoms with Crippen molar-refractivity contribution in [1.82, 2.24) is 9.38 Å². The number of halogens is 2. The van der Waals surface area contributed by atoms with Crippen molar-refractivity contribution in [1.29, 1.82) is 0 Å². The molecule has 0 radical (unpaired) electrons. The van der Waals surface area contributed by atoms with Gasteiger partial charge in [-0.25, -0.2) is 4.98 Å². The van der Waals surface area contributed by atoms with Crippen LogP contribution in [-0.2, 0) is 4.74 Å². The Morgan fingerprint density at radius 3 is 2.76 bits per heavy atom. The number of carbonyl (C=O) groups is 1. The molecule has 0 amide bonds. The predicted octanol–water partition coefficient (Wildman–Crippen LogP) is 8.38. The fraction of sp³-hybridized carbons (Fsp3) is 0.333. The van der Waals surface area contributed by atoms with E-state index in [0.29, 0.717) is 12.3 Å². The minimum absolute atomic E-state index is 0.106. The lowest BCUT2D eigenvalue weighted by molar-refractivity contribution is -0.0498. The number of nitrogens with zero attached hydrogens (tertiary/aromatic N) is 2. The van der Waals surface area contributed by atoms with Crippen LogP contribution in [0.2, 0.25) is 0 Å². The molecule has 0 saturated carbocycles. The zero-order chi connectivity index (χ0) is 28.8. The van der Waals surface area contributed by atoms with Gasteiger partial charge in [-0.1, -0.05) is 18.6 Å². The lowest BCUT2D eigenvalue weighted by Gasteiger charge is -2.14. The zero-order valence-electron chi connectivity index (χ0n) is 23.4. The van der Waals surface area contributed by atoms with Crippen LogP contribution < -0.4 is 10.1 Å². The number of fused-ring (bicyclic) bond motifs is 1. The highest BCUT2D eigenvalue weighted by Gasteiger charge is 2.16. The van der Waals surface area contributed by atoms with Gasteiger partial charge in [0.25, 0.3) is 0 Å². The Morgan fingerprint density at radius 2 is 1.98 bits per heavy atom. The Morgan fingerprint density at radius 1 is 1.15 bits per heavy atom. The van der Waals surface area contributed by atoms with Gasteiger partial charge in [0.05, 0.1) is 30.8 Å². The summed E-state index contributed by atoms with van der Waals surface area (Å²) in [6.45, 7) is 2.86. The first-order valence-corrected chi connectivity index (χ1v) is 14.0. The molecule has 0 aliphatic carbocycles. The van der Waals surface area contributed by atoms with Crippen molar-refractivity contribution >= 4 is 22.8 Å². The number of Topliss-reactive ketones (excluding diaryl/α,β-unsaturated/α-hetero) is 1. The number of benzene rings is 2. The van der Waals surface area contributed by atoms with E-state index in [1.165, 1.54) is 17.7 Å². The van der Waals surface area contributed by atoms with Gasteiger partial charge in [0, 0.05) is 29.4 Å². The normalized spacial score (nSPS) is 14.5. The second kappa shape index (κ2) is 13.1. The van der Waals surface area contributed by atoms with E-state index in [2.05, 4.69) is 28.0 Å². The number of carbonyl (C=O) groups excluding carboxylic acids is 1. The fourth-order valence-electron chi connectivity index (χ4n) is 5.28. The summed E-state index contributed by atoms with van der Waals surface area (Å²) in [6, 6.07) is 16.2. The van der Waals surface area contributed by atoms with Crippen molar-refractivity contribution in [3.63, 3.8) is 0 Å². The minimum Gasteiger partial charge on any atom is -0.435 e. The molecular formula is C33H35F2N3O3. The summed E-state index contributed by atoms with van der Waals surface area (Å²) in [5.74, 6) is 0.587. The van der Waals surface area contributed by atoms with Crippen LogP contribution in [0.5, 0.6) is 5.75 Å². The summed E-state index contributed by atoms with van der Waals surface area (Å²) in [7, 11) is 0. The van der Waals surface area contributed by atoms with Gasteiger partial charge < -0.3 is 14.8 Å². The highest BCUT2D eigenvalue weighted by molar-refractivity contribution is 5.98. The molecule has 0 bridgehead atoms. The standard InChI is InChI=1S/C33H35F2N3O3/c1-22(7-8-24-5-4-17-40-18-15-24)19-31(39)28-14-11-26(20-23(28)2)37-29-6-3-16-38-30(21-36-32(29)38)25-9-12-27(13-10-25)41-33(34)35/h3,5-6,9-14,16,20-22,33,37H,4,7-8,15,17-19H2,1-2H3. The van der Waals surface area contributed by atoms with E-state index in [1.54, 1.807) is 18.3 Å². The van der Waals surface area contributed by atoms with E-state index in [1.807, 2.05) is 47.9 Å². The van der Waals surface area contributed by atoms with Gasteiger partial charge in [0.2, 0.25) is 0 Å². The van der Waals surface area contributed by atoms with E-state index >= 15 is 0 Å². The first kappa shape index (κ1) is 28.5. The topological polar surface area (TPSA) is 64.9 Å². The third kappa shape index (κ3) is 7.19. The molecule has 0 fully saturated rings. The van der Waals surface area contributed by atoms with Crippen LogP contribution in [0.15, 0.2) is 78.6 Å². The van der Waals surface area contributed by atoms with Gasteiger partial charge in [-0.3, -0.25) is 9.20 Å². The molecule has 1 aliphatic rings. The van der Waals surface area contributed by atoms with Gasteiger partial charge in [-0.05, 0) is 98.7 Å². The number of aryl methyl sites for hydroxylation is 1. The molecule has 8 heteroatoms. The van der Waals surface area contributed by atoms with Gasteiger partial charge in [0.1, 0.15) is 5.75 Å². The number of aromatic nitrogens is 2. The number of anilines is 2. The number of ether oxygens (including phenoxy) is 2. The predicted molar refractivity (Wildman–Crippen MR) is 157 cm³/mol. The van der Waals surface area contributed by atoms with Crippen LogP contribution in [0.25, 0.3) is 16.9 Å². The molecule has 0 saturated heterocycles. The number of nitrogens with one attached hydrogen (secondary N) is 1. The molecule has 5 rings (SSSR count). The van der Waals surface area contributed by atoms with E-state index in [9.17, 15) is 13.6 Å². The van der Waals surface area contributed by atoms with Crippen molar-refractivity contribution in [2.75, 3.05) is 18.5 Å². The first-order chi connectivity index (χ1) is 19.9. The molecule has 1 unspecified atom stereocenters. The maximum Gasteiger partial charge on any atom is 0.387 e. The number of alkyl halides is 2. The second-order valence-electron chi connectivity index (χ2n) is 10.6. The summed E-state index contributed by atoms with van der Waals surface area (Å²) in [6.07, 6.45) is 10.5. The summed E-state index contributed by atoms with van der Waals surface area (Å²) in [5.41, 5.74) is 7.17. The minimum atomic E-state index is -2.86. The highest BCUT2D eigenvalue weighted by atomic mass is 19.3. The smallest absolute Gasteiger partial charge is 0.387 e. The van der Waals surface area contributed by atoms with E-state index in [-0.39, 0.29) is 11.5 Å². The van der Waals surface area contributed by atoms with Gasteiger partial charge in [-0.15, -0.1) is 0 Å². The van der Waals surface area contributed by atoms with Crippen LogP contribution in [0.4, 0.5) is 20.2 Å². The number of hydrogen-bond donors (Lipinski definition) is 1. The van der Waals surface area contributed by atoms with Crippen LogP contribution in [0, 0.1) is 12.8 Å². The number of ketones is 1. The van der Waals surface area contributed by atoms with Gasteiger partial charge in [-0.2, -0.15) is 8.78 Å². The molecule has 6 nitrogen and oxygen atoms in total. The third-order valence-corrected chi connectivity index (χ3v) is 7.47. The molecule has 0 spiro atoms. The Balaban J connectivity index is 1.24. The maximum absolute atomic E-state index is 13.1. The largest absolute Gasteiger partial charge is 0.435 e. The quantitative estimate of drug-likeness (QED) is 0.148. The first-order valence-electron chi connectivity index (χ1n) is 14.0. The van der Waals surface area contributed by atoms with Gasteiger partial charge in [0.15, 0.2) is 11.4 Å².